The minimum absolute atomic E-state index is 0.125. The van der Waals surface area contributed by atoms with Gasteiger partial charge in [-0.1, -0.05) is 18.2 Å². The minimum Gasteiger partial charge on any atom is -0.372 e. The van der Waals surface area contributed by atoms with Gasteiger partial charge in [-0.25, -0.2) is 19.3 Å². The molecule has 1 atom stereocenters. The fourth-order valence-electron chi connectivity index (χ4n) is 1.77. The van der Waals surface area contributed by atoms with Crippen molar-refractivity contribution < 1.29 is 23.9 Å². The van der Waals surface area contributed by atoms with Gasteiger partial charge in [-0.15, -0.1) is 0 Å². The maximum Gasteiger partial charge on any atom is 0.426 e. The highest BCUT2D eigenvalue weighted by Gasteiger charge is 2.39. The lowest BCUT2D eigenvalue weighted by Gasteiger charge is -2.13. The predicted molar refractivity (Wildman–Crippen MR) is 67.0 cm³/mol. The molecule has 1 aliphatic heterocycles. The Hall–Kier alpha value is -2.70. The van der Waals surface area contributed by atoms with E-state index >= 15 is 0 Å². The lowest BCUT2D eigenvalue weighted by molar-refractivity contribution is -0.110. The van der Waals surface area contributed by atoms with Crippen molar-refractivity contribution in [2.24, 2.45) is 0 Å². The Bertz CT molecular complexity index is 557. The summed E-state index contributed by atoms with van der Waals surface area (Å²) in [6.45, 7) is -0.125. The van der Waals surface area contributed by atoms with E-state index in [9.17, 15) is 19.2 Å². The van der Waals surface area contributed by atoms with E-state index in [-0.39, 0.29) is 12.1 Å². The minimum atomic E-state index is -1.08. The number of nitrogens with zero attached hydrogens (tertiary/aromatic N) is 2. The van der Waals surface area contributed by atoms with Gasteiger partial charge in [0.25, 0.3) is 0 Å². The summed E-state index contributed by atoms with van der Waals surface area (Å²) in [7, 11) is 1.40. The van der Waals surface area contributed by atoms with Gasteiger partial charge in [0.2, 0.25) is 0 Å². The lowest BCUT2D eigenvalue weighted by Crippen LogP contribution is -2.36. The van der Waals surface area contributed by atoms with Crippen LogP contribution in [0.25, 0.3) is 0 Å². The SMILES string of the molecule is CN1C(=O)N(C(=O)OC(=O)c2ccccc2)CC1C=O. The number of carbonyl (C=O) groups is 4. The van der Waals surface area contributed by atoms with Crippen molar-refractivity contribution in [2.45, 2.75) is 6.04 Å². The summed E-state index contributed by atoms with van der Waals surface area (Å²) in [5, 5.41) is 0. The molecule has 0 N–H and O–H groups in total. The highest BCUT2D eigenvalue weighted by Crippen LogP contribution is 2.14. The van der Waals surface area contributed by atoms with E-state index in [0.29, 0.717) is 6.29 Å². The summed E-state index contributed by atoms with van der Waals surface area (Å²) in [5.41, 5.74) is 0.202. The van der Waals surface area contributed by atoms with Crippen LogP contribution in [0.2, 0.25) is 0 Å². The van der Waals surface area contributed by atoms with E-state index in [1.807, 2.05) is 0 Å². The molecule has 0 saturated carbocycles. The molecule has 1 aromatic rings. The van der Waals surface area contributed by atoms with Crippen LogP contribution in [0.1, 0.15) is 10.4 Å². The van der Waals surface area contributed by atoms with Crippen LogP contribution in [0, 0.1) is 0 Å². The Labute approximate surface area is 114 Å². The number of rotatable bonds is 2. The second kappa shape index (κ2) is 5.52. The fourth-order valence-corrected chi connectivity index (χ4v) is 1.77. The molecule has 1 saturated heterocycles. The maximum atomic E-state index is 11.8. The Balaban J connectivity index is 2.04. The van der Waals surface area contributed by atoms with Crippen LogP contribution in [0.15, 0.2) is 30.3 Å². The summed E-state index contributed by atoms with van der Waals surface area (Å²) in [6, 6.07) is 6.54. The zero-order valence-electron chi connectivity index (χ0n) is 10.7. The normalized spacial score (nSPS) is 18.1. The van der Waals surface area contributed by atoms with Gasteiger partial charge in [0.05, 0.1) is 12.1 Å². The smallest absolute Gasteiger partial charge is 0.372 e. The molecular weight excluding hydrogens is 264 g/mol. The number of hydrogen-bond acceptors (Lipinski definition) is 5. The molecule has 1 aromatic carbocycles. The van der Waals surface area contributed by atoms with E-state index in [0.717, 1.165) is 9.80 Å². The first-order valence-corrected chi connectivity index (χ1v) is 5.85. The molecule has 1 fully saturated rings. The Kier molecular flexibility index (Phi) is 3.79. The molecule has 0 bridgehead atoms. The summed E-state index contributed by atoms with van der Waals surface area (Å²) < 4.78 is 4.62. The fraction of sp³-hybridized carbons (Fsp3) is 0.231. The van der Waals surface area contributed by atoms with E-state index in [4.69, 9.17) is 0 Å². The number of urea groups is 1. The van der Waals surface area contributed by atoms with E-state index < -0.39 is 24.1 Å². The quantitative estimate of drug-likeness (QED) is 0.455. The Morgan fingerprint density at radius 1 is 1.30 bits per heavy atom. The standard InChI is InChI=1S/C13H12N2O5/c1-14-10(8-16)7-15(12(14)18)13(19)20-11(17)9-5-3-2-4-6-9/h2-6,8,10H,7H2,1H3. The third-order valence-corrected chi connectivity index (χ3v) is 2.97. The topological polar surface area (TPSA) is 84.0 Å². The number of imide groups is 1. The summed E-state index contributed by atoms with van der Waals surface area (Å²) >= 11 is 0. The second-order valence-corrected chi connectivity index (χ2v) is 4.23. The molecule has 0 aromatic heterocycles. The monoisotopic (exact) mass is 276 g/mol. The number of carbonyl (C=O) groups excluding carboxylic acids is 4. The Morgan fingerprint density at radius 3 is 2.50 bits per heavy atom. The van der Waals surface area contributed by atoms with Crippen molar-refractivity contribution in [1.29, 1.82) is 0 Å². The molecule has 1 aliphatic rings. The van der Waals surface area contributed by atoms with Crippen LogP contribution in [-0.2, 0) is 9.53 Å². The van der Waals surface area contributed by atoms with Gasteiger partial charge in [-0.3, -0.25) is 0 Å². The van der Waals surface area contributed by atoms with Crippen molar-refractivity contribution >= 4 is 24.4 Å². The van der Waals surface area contributed by atoms with Crippen LogP contribution < -0.4 is 0 Å². The van der Waals surface area contributed by atoms with Crippen molar-refractivity contribution in [1.82, 2.24) is 9.80 Å². The first kappa shape index (κ1) is 13.7. The van der Waals surface area contributed by atoms with Crippen molar-refractivity contribution in [3.8, 4) is 0 Å². The number of benzene rings is 1. The molecule has 20 heavy (non-hydrogen) atoms. The molecular formula is C13H12N2O5. The average Bonchev–Trinajstić information content (AvgIpc) is 2.76. The van der Waals surface area contributed by atoms with Gasteiger partial charge in [-0.05, 0) is 12.1 Å². The molecule has 1 unspecified atom stereocenters. The molecule has 104 valence electrons. The van der Waals surface area contributed by atoms with Gasteiger partial charge < -0.3 is 14.4 Å². The molecule has 0 aliphatic carbocycles. The van der Waals surface area contributed by atoms with Crippen LogP contribution in [0.4, 0.5) is 9.59 Å². The maximum absolute atomic E-state index is 11.8. The molecule has 3 amide bonds. The summed E-state index contributed by atoms with van der Waals surface area (Å²) in [4.78, 5) is 47.7. The largest absolute Gasteiger partial charge is 0.426 e. The van der Waals surface area contributed by atoms with Crippen LogP contribution >= 0.6 is 0 Å². The van der Waals surface area contributed by atoms with Gasteiger partial charge in [-0.2, -0.15) is 0 Å². The zero-order chi connectivity index (χ0) is 14.7. The molecule has 2 rings (SSSR count). The molecule has 7 nitrogen and oxygen atoms in total. The second-order valence-electron chi connectivity index (χ2n) is 4.23. The van der Waals surface area contributed by atoms with Crippen LogP contribution in [0.3, 0.4) is 0 Å². The molecule has 0 spiro atoms. The van der Waals surface area contributed by atoms with Crippen LogP contribution in [-0.4, -0.2) is 53.8 Å². The third kappa shape index (κ3) is 2.51. The molecule has 7 heteroatoms. The summed E-state index contributed by atoms with van der Waals surface area (Å²) in [6.07, 6.45) is -0.524. The number of hydrogen-bond donors (Lipinski definition) is 0. The number of ether oxygens (including phenoxy) is 1. The zero-order valence-corrected chi connectivity index (χ0v) is 10.7. The van der Waals surface area contributed by atoms with E-state index in [2.05, 4.69) is 4.74 Å². The number of likely N-dealkylation sites (N-methyl/N-ethyl adjacent to an activating group) is 1. The first-order valence-electron chi connectivity index (χ1n) is 5.85. The van der Waals surface area contributed by atoms with E-state index in [1.165, 1.54) is 19.2 Å². The lowest BCUT2D eigenvalue weighted by atomic mass is 10.2. The third-order valence-electron chi connectivity index (χ3n) is 2.97. The van der Waals surface area contributed by atoms with E-state index in [1.54, 1.807) is 18.2 Å². The predicted octanol–water partition coefficient (Wildman–Crippen LogP) is 0.898. The number of aldehydes is 1. The van der Waals surface area contributed by atoms with Gasteiger partial charge in [0.1, 0.15) is 12.3 Å². The number of amides is 3. The molecule has 0 radical (unpaired) electrons. The van der Waals surface area contributed by atoms with Gasteiger partial charge in [0, 0.05) is 7.05 Å². The van der Waals surface area contributed by atoms with Crippen molar-refractivity contribution in [3.63, 3.8) is 0 Å². The van der Waals surface area contributed by atoms with Crippen LogP contribution in [0.5, 0.6) is 0 Å². The van der Waals surface area contributed by atoms with Crippen molar-refractivity contribution in [3.05, 3.63) is 35.9 Å². The first-order chi connectivity index (χ1) is 9.54. The highest BCUT2D eigenvalue weighted by atomic mass is 16.6. The summed E-state index contributed by atoms with van der Waals surface area (Å²) in [5.74, 6) is -0.847. The highest BCUT2D eigenvalue weighted by molar-refractivity contribution is 6.02. The average molecular weight is 276 g/mol. The Morgan fingerprint density at radius 2 is 1.95 bits per heavy atom. The molecule has 1 heterocycles. The van der Waals surface area contributed by atoms with Gasteiger partial charge >= 0.3 is 18.1 Å². The number of esters is 1. The van der Waals surface area contributed by atoms with Gasteiger partial charge in [0.15, 0.2) is 0 Å². The van der Waals surface area contributed by atoms with Crippen molar-refractivity contribution in [2.75, 3.05) is 13.6 Å².